The zero-order valence-corrected chi connectivity index (χ0v) is 11.7. The molecule has 0 aliphatic heterocycles. The second kappa shape index (κ2) is 4.44. The maximum Gasteiger partial charge on any atom is 0.268 e. The molecular weight excluding hydrogens is 335 g/mol. The molecule has 2 aromatic heterocycles. The quantitative estimate of drug-likeness (QED) is 0.584. The van der Waals surface area contributed by atoms with Crippen LogP contribution in [0.25, 0.3) is 10.8 Å². The van der Waals surface area contributed by atoms with Gasteiger partial charge in [0.2, 0.25) is 3.83 Å². The smallest absolute Gasteiger partial charge is 0.268 e. The predicted molar refractivity (Wildman–Crippen MR) is 71.6 cm³/mol. The molecule has 16 heavy (non-hydrogen) atoms. The number of hydrogen-bond donors (Lipinski definition) is 0. The van der Waals surface area contributed by atoms with Crippen LogP contribution in [0.4, 0.5) is 0 Å². The van der Waals surface area contributed by atoms with E-state index >= 15 is 0 Å². The van der Waals surface area contributed by atoms with Crippen LogP contribution in [0.1, 0.15) is 29.7 Å². The molecule has 0 fully saturated rings. The number of aryl methyl sites for hydroxylation is 2. The minimum absolute atomic E-state index is 0.669. The van der Waals surface area contributed by atoms with Crippen LogP contribution >= 0.6 is 33.9 Å². The fourth-order valence-corrected chi connectivity index (χ4v) is 3.57. The van der Waals surface area contributed by atoms with Gasteiger partial charge < -0.3 is 4.52 Å². The molecule has 0 saturated heterocycles. The molecule has 2 heterocycles. The van der Waals surface area contributed by atoms with Gasteiger partial charge in [0.05, 0.1) is 4.88 Å². The van der Waals surface area contributed by atoms with Gasteiger partial charge in [-0.05, 0) is 37.3 Å². The van der Waals surface area contributed by atoms with Crippen molar-refractivity contribution in [1.82, 2.24) is 10.1 Å². The van der Waals surface area contributed by atoms with E-state index in [0.717, 1.165) is 4.88 Å². The van der Waals surface area contributed by atoms with E-state index in [4.69, 9.17) is 4.52 Å². The van der Waals surface area contributed by atoms with Crippen molar-refractivity contribution in [3.05, 3.63) is 20.3 Å². The molecule has 2 aromatic rings. The summed E-state index contributed by atoms with van der Waals surface area (Å²) in [5.41, 5.74) is 1.49. The van der Waals surface area contributed by atoms with Gasteiger partial charge in [0.1, 0.15) is 0 Å². The molecule has 0 saturated carbocycles. The molecule has 0 aromatic carbocycles. The number of aromatic nitrogens is 2. The van der Waals surface area contributed by atoms with Crippen molar-refractivity contribution in [1.29, 1.82) is 0 Å². The molecule has 0 unspecified atom stereocenters. The normalized spacial score (nSPS) is 15.8. The zero-order valence-electron chi connectivity index (χ0n) is 8.70. The third-order valence-electron chi connectivity index (χ3n) is 2.86. The molecule has 1 aliphatic rings. The molecule has 0 bridgehead atoms. The number of fused-ring (bicyclic) bond motifs is 1. The summed E-state index contributed by atoms with van der Waals surface area (Å²) in [6.45, 7) is 0. The monoisotopic (exact) mass is 346 g/mol. The van der Waals surface area contributed by atoms with Gasteiger partial charge in [-0.25, -0.2) is 0 Å². The van der Waals surface area contributed by atoms with Crippen LogP contribution in [0.15, 0.2) is 10.6 Å². The van der Waals surface area contributed by atoms with Crippen LogP contribution in [0, 0.1) is 3.83 Å². The minimum Gasteiger partial charge on any atom is -0.332 e. The molecule has 0 radical (unpaired) electrons. The Hall–Kier alpha value is -0.430. The van der Waals surface area contributed by atoms with Gasteiger partial charge in [-0.3, -0.25) is 0 Å². The summed E-state index contributed by atoms with van der Waals surface area (Å²) in [4.78, 5) is 6.91. The summed E-state index contributed by atoms with van der Waals surface area (Å²) in [5.74, 6) is 0.669. The largest absolute Gasteiger partial charge is 0.332 e. The van der Waals surface area contributed by atoms with E-state index in [1.165, 1.54) is 42.5 Å². The lowest BCUT2D eigenvalue weighted by Crippen LogP contribution is -1.80. The highest BCUT2D eigenvalue weighted by atomic mass is 127. The van der Waals surface area contributed by atoms with Gasteiger partial charge in [0, 0.05) is 27.5 Å². The Morgan fingerprint density at radius 2 is 2.12 bits per heavy atom. The summed E-state index contributed by atoms with van der Waals surface area (Å²) >= 11 is 3.88. The summed E-state index contributed by atoms with van der Waals surface area (Å²) < 4.78 is 5.88. The third kappa shape index (κ3) is 2.02. The highest BCUT2D eigenvalue weighted by Gasteiger charge is 2.16. The Morgan fingerprint density at radius 1 is 1.25 bits per heavy atom. The lowest BCUT2D eigenvalue weighted by Gasteiger charge is -1.92. The Bertz CT molecular complexity index is 482. The van der Waals surface area contributed by atoms with E-state index in [0.29, 0.717) is 9.72 Å². The maximum atomic E-state index is 5.20. The Balaban J connectivity index is 1.98. The van der Waals surface area contributed by atoms with E-state index in [-0.39, 0.29) is 0 Å². The van der Waals surface area contributed by atoms with Crippen molar-refractivity contribution in [3.63, 3.8) is 0 Å². The summed E-state index contributed by atoms with van der Waals surface area (Å²) in [7, 11) is 0. The second-order valence-electron chi connectivity index (χ2n) is 3.99. The first-order valence-corrected chi connectivity index (χ1v) is 7.33. The molecule has 0 N–H and O–H groups in total. The van der Waals surface area contributed by atoms with Crippen LogP contribution in [-0.2, 0) is 12.8 Å². The first kappa shape index (κ1) is 10.7. The molecule has 3 nitrogen and oxygen atoms in total. The fourth-order valence-electron chi connectivity index (χ4n) is 2.08. The van der Waals surface area contributed by atoms with E-state index in [9.17, 15) is 0 Å². The molecule has 5 heteroatoms. The van der Waals surface area contributed by atoms with Gasteiger partial charge >= 0.3 is 0 Å². The molecule has 84 valence electrons. The van der Waals surface area contributed by atoms with Gasteiger partial charge in [0.25, 0.3) is 5.89 Å². The summed E-state index contributed by atoms with van der Waals surface area (Å²) in [6, 6.07) is 2.23. The first-order chi connectivity index (χ1) is 7.83. The van der Waals surface area contributed by atoms with Crippen LogP contribution in [0.2, 0.25) is 0 Å². The Kier molecular flexibility index (Phi) is 2.97. The number of nitrogens with zero attached hydrogens (tertiary/aromatic N) is 2. The van der Waals surface area contributed by atoms with Crippen molar-refractivity contribution in [2.45, 2.75) is 32.1 Å². The molecule has 0 spiro atoms. The van der Waals surface area contributed by atoms with Gasteiger partial charge in [0.15, 0.2) is 0 Å². The van der Waals surface area contributed by atoms with E-state index < -0.39 is 0 Å². The first-order valence-electron chi connectivity index (χ1n) is 5.44. The standard InChI is InChI=1S/C11H11IN2OS/c12-11-13-10(15-14-11)9-6-7-4-2-1-3-5-8(7)16-9/h6H,1-5H2. The highest BCUT2D eigenvalue weighted by molar-refractivity contribution is 14.1. The number of halogens is 1. The molecular formula is C11H11IN2OS. The lowest BCUT2D eigenvalue weighted by molar-refractivity contribution is 0.426. The van der Waals surface area contributed by atoms with Crippen molar-refractivity contribution in [2.24, 2.45) is 0 Å². The second-order valence-corrected chi connectivity index (χ2v) is 6.09. The topological polar surface area (TPSA) is 38.9 Å². The minimum atomic E-state index is 0.669. The molecule has 0 atom stereocenters. The zero-order chi connectivity index (χ0) is 11.0. The average Bonchev–Trinajstić information content (AvgIpc) is 2.81. The average molecular weight is 346 g/mol. The maximum absolute atomic E-state index is 5.20. The third-order valence-corrected chi connectivity index (χ3v) is 4.52. The highest BCUT2D eigenvalue weighted by Crippen LogP contribution is 2.34. The van der Waals surface area contributed by atoms with Gasteiger partial charge in [-0.2, -0.15) is 4.98 Å². The summed E-state index contributed by atoms with van der Waals surface area (Å²) in [6.07, 6.45) is 6.40. The van der Waals surface area contributed by atoms with E-state index in [1.54, 1.807) is 0 Å². The Labute approximate surface area is 111 Å². The van der Waals surface area contributed by atoms with Crippen molar-refractivity contribution in [2.75, 3.05) is 0 Å². The van der Waals surface area contributed by atoms with Crippen molar-refractivity contribution in [3.8, 4) is 10.8 Å². The van der Waals surface area contributed by atoms with Gasteiger partial charge in [-0.1, -0.05) is 11.6 Å². The number of hydrogen-bond acceptors (Lipinski definition) is 4. The van der Waals surface area contributed by atoms with Crippen LogP contribution in [0.3, 0.4) is 0 Å². The van der Waals surface area contributed by atoms with Crippen molar-refractivity contribution >= 4 is 33.9 Å². The van der Waals surface area contributed by atoms with Crippen LogP contribution < -0.4 is 0 Å². The SMILES string of the molecule is Ic1noc(-c2cc3c(s2)CCCCC3)n1. The van der Waals surface area contributed by atoms with Crippen LogP contribution in [-0.4, -0.2) is 10.1 Å². The predicted octanol–water partition coefficient (Wildman–Crippen LogP) is 3.67. The van der Waals surface area contributed by atoms with Gasteiger partial charge in [-0.15, -0.1) is 11.3 Å². The molecule has 1 aliphatic carbocycles. The fraction of sp³-hybridized carbons (Fsp3) is 0.455. The van der Waals surface area contributed by atoms with Crippen LogP contribution in [0.5, 0.6) is 0 Å². The summed E-state index contributed by atoms with van der Waals surface area (Å²) in [5, 5.41) is 3.82. The molecule has 0 amide bonds. The van der Waals surface area contributed by atoms with E-state index in [2.05, 4.69) is 38.8 Å². The molecule has 3 rings (SSSR count). The Morgan fingerprint density at radius 3 is 2.94 bits per heavy atom. The lowest BCUT2D eigenvalue weighted by atomic mass is 10.1. The van der Waals surface area contributed by atoms with E-state index in [1.807, 2.05) is 11.3 Å². The number of thiophene rings is 1. The van der Waals surface area contributed by atoms with Crippen molar-refractivity contribution < 1.29 is 4.52 Å². The number of rotatable bonds is 1.